The summed E-state index contributed by atoms with van der Waals surface area (Å²) in [6, 6.07) is 0.308. The van der Waals surface area contributed by atoms with Gasteiger partial charge >= 0.3 is 0 Å². The average Bonchev–Trinajstić information content (AvgIpc) is 1.56. The number of rotatable bonds is 3. The largest absolute Gasteiger partial charge is 0.383 e. The average molecular weight is 178 g/mol. The third kappa shape index (κ3) is 1.17. The molecule has 3 heteroatoms. The van der Waals surface area contributed by atoms with Crippen LogP contribution < -0.4 is 5.73 Å². The lowest BCUT2D eigenvalue weighted by atomic mass is 9.42. The lowest BCUT2D eigenvalue weighted by Gasteiger charge is -2.64. The first kappa shape index (κ1) is 9.30. The molecule has 0 amide bonds. The summed E-state index contributed by atoms with van der Waals surface area (Å²) in [5, 5.41) is 0. The smallest absolute Gasteiger partial charge is 0.0619 e. The first-order valence-corrected chi connectivity index (χ1v) is 4.01. The van der Waals surface area contributed by atoms with Crippen molar-refractivity contribution in [2.24, 2.45) is 17.1 Å². The van der Waals surface area contributed by atoms with E-state index in [9.17, 15) is 0 Å². The number of nitrogens with two attached hydrogens (primary N) is 1. The molecule has 2 nitrogen and oxygen atoms in total. The van der Waals surface area contributed by atoms with Gasteiger partial charge in [0.25, 0.3) is 0 Å². The number of ether oxygens (including phenoxy) is 1. The third-order valence-corrected chi connectivity index (χ3v) is 3.22. The van der Waals surface area contributed by atoms with Crippen LogP contribution in [0.5, 0.6) is 0 Å². The van der Waals surface area contributed by atoms with Gasteiger partial charge in [-0.3, -0.25) is 0 Å². The van der Waals surface area contributed by atoms with Crippen LogP contribution in [0, 0.1) is 11.3 Å². The van der Waals surface area contributed by atoms with Crippen LogP contribution in [-0.2, 0) is 4.74 Å². The monoisotopic (exact) mass is 177 g/mol. The predicted molar refractivity (Wildman–Crippen MR) is 46.9 cm³/mol. The second-order valence-corrected chi connectivity index (χ2v) is 3.90. The van der Waals surface area contributed by atoms with Crippen molar-refractivity contribution in [2.45, 2.75) is 25.3 Å². The van der Waals surface area contributed by atoms with E-state index in [1.807, 2.05) is 0 Å². The maximum Gasteiger partial charge on any atom is 0.0619 e. The van der Waals surface area contributed by atoms with E-state index in [-0.39, 0.29) is 12.4 Å². The summed E-state index contributed by atoms with van der Waals surface area (Å²) < 4.78 is 5.03. The maximum atomic E-state index is 5.94. The highest BCUT2D eigenvalue weighted by Crippen LogP contribution is 2.65. The number of hydrogen-bond acceptors (Lipinski definition) is 2. The molecule has 3 aliphatic rings. The minimum absolute atomic E-state index is 0. The Hall–Kier alpha value is 0.210. The fourth-order valence-electron chi connectivity index (χ4n) is 2.36. The molecule has 3 fully saturated rings. The Labute approximate surface area is 73.9 Å². The van der Waals surface area contributed by atoms with E-state index in [2.05, 4.69) is 0 Å². The number of methoxy groups -OCH3 is 1. The van der Waals surface area contributed by atoms with Gasteiger partial charge in [0.15, 0.2) is 0 Å². The second kappa shape index (κ2) is 2.92. The minimum atomic E-state index is 0. The highest BCUT2D eigenvalue weighted by molar-refractivity contribution is 5.85. The van der Waals surface area contributed by atoms with Gasteiger partial charge in [-0.25, -0.2) is 0 Å². The molecule has 0 aromatic heterocycles. The molecule has 2 N–H and O–H groups in total. The van der Waals surface area contributed by atoms with E-state index >= 15 is 0 Å². The Morgan fingerprint density at radius 3 is 2.36 bits per heavy atom. The molecule has 1 atom stereocenters. The zero-order valence-electron chi connectivity index (χ0n) is 6.88. The molecule has 1 unspecified atom stereocenters. The van der Waals surface area contributed by atoms with Crippen LogP contribution in [0.4, 0.5) is 0 Å². The summed E-state index contributed by atoms with van der Waals surface area (Å²) in [4.78, 5) is 0. The standard InChI is InChI=1S/C8H15NO.ClH/c1-10-5-7(9)8-2-6(3-8)4-8;/h6-7H,2-5,9H2,1H3;1H. The van der Waals surface area contributed by atoms with Gasteiger partial charge in [-0.1, -0.05) is 0 Å². The van der Waals surface area contributed by atoms with Crippen LogP contribution in [0.1, 0.15) is 19.3 Å². The molecular formula is C8H16ClNO. The number of halogens is 1. The highest BCUT2D eigenvalue weighted by Gasteiger charge is 2.59. The topological polar surface area (TPSA) is 35.2 Å². The first-order chi connectivity index (χ1) is 4.77. The molecule has 11 heavy (non-hydrogen) atoms. The van der Waals surface area contributed by atoms with Crippen molar-refractivity contribution in [3.63, 3.8) is 0 Å². The van der Waals surface area contributed by atoms with Crippen LogP contribution in [0.2, 0.25) is 0 Å². The normalized spacial score (nSPS) is 41.5. The Morgan fingerprint density at radius 2 is 2.09 bits per heavy atom. The van der Waals surface area contributed by atoms with E-state index in [1.54, 1.807) is 7.11 Å². The molecule has 3 aliphatic carbocycles. The summed E-state index contributed by atoms with van der Waals surface area (Å²) in [6.07, 6.45) is 4.12. The molecule has 0 aromatic rings. The van der Waals surface area contributed by atoms with E-state index in [0.29, 0.717) is 11.5 Å². The molecule has 0 aromatic carbocycles. The summed E-state index contributed by atoms with van der Waals surface area (Å²) in [7, 11) is 1.73. The molecule has 0 heterocycles. The van der Waals surface area contributed by atoms with Crippen LogP contribution >= 0.6 is 12.4 Å². The third-order valence-electron chi connectivity index (χ3n) is 3.22. The van der Waals surface area contributed by atoms with Crippen molar-refractivity contribution >= 4 is 12.4 Å². The van der Waals surface area contributed by atoms with Gasteiger partial charge in [0, 0.05) is 13.2 Å². The van der Waals surface area contributed by atoms with E-state index in [1.165, 1.54) is 19.3 Å². The predicted octanol–water partition coefficient (Wildman–Crippen LogP) is 1.18. The van der Waals surface area contributed by atoms with Gasteiger partial charge in [0.05, 0.1) is 6.61 Å². The Morgan fingerprint density at radius 1 is 1.55 bits per heavy atom. The fraction of sp³-hybridized carbons (Fsp3) is 1.00. The summed E-state index contributed by atoms with van der Waals surface area (Å²) >= 11 is 0. The fourth-order valence-corrected chi connectivity index (χ4v) is 2.36. The summed E-state index contributed by atoms with van der Waals surface area (Å²) in [5.41, 5.74) is 6.47. The van der Waals surface area contributed by atoms with Crippen LogP contribution in [-0.4, -0.2) is 19.8 Å². The van der Waals surface area contributed by atoms with Gasteiger partial charge in [0.2, 0.25) is 0 Å². The van der Waals surface area contributed by atoms with Crippen molar-refractivity contribution in [2.75, 3.05) is 13.7 Å². The zero-order chi connectivity index (χ0) is 7.19. The van der Waals surface area contributed by atoms with Crippen LogP contribution in [0.25, 0.3) is 0 Å². The second-order valence-electron chi connectivity index (χ2n) is 3.90. The maximum absolute atomic E-state index is 5.94. The molecule has 0 spiro atoms. The zero-order valence-corrected chi connectivity index (χ0v) is 7.69. The molecule has 66 valence electrons. The van der Waals surface area contributed by atoms with E-state index in [0.717, 1.165) is 12.5 Å². The summed E-state index contributed by atoms with van der Waals surface area (Å²) in [5.74, 6) is 1.03. The SMILES string of the molecule is COCC(N)C12CC(C1)C2.Cl. The van der Waals surface area contributed by atoms with E-state index < -0.39 is 0 Å². The van der Waals surface area contributed by atoms with Crippen LogP contribution in [0.15, 0.2) is 0 Å². The van der Waals surface area contributed by atoms with Gasteiger partial charge in [0.1, 0.15) is 0 Å². The molecule has 3 rings (SSSR count). The Bertz CT molecular complexity index is 134. The molecule has 3 saturated carbocycles. The minimum Gasteiger partial charge on any atom is -0.383 e. The van der Waals surface area contributed by atoms with Gasteiger partial charge in [-0.05, 0) is 30.6 Å². The molecule has 2 bridgehead atoms. The first-order valence-electron chi connectivity index (χ1n) is 4.01. The van der Waals surface area contributed by atoms with Crippen molar-refractivity contribution < 1.29 is 4.74 Å². The van der Waals surface area contributed by atoms with Gasteiger partial charge in [-0.2, -0.15) is 0 Å². The number of hydrogen-bond donors (Lipinski definition) is 1. The molecule has 0 radical (unpaired) electrons. The van der Waals surface area contributed by atoms with Crippen LogP contribution in [0.3, 0.4) is 0 Å². The Balaban J connectivity index is 0.000000605. The molecule has 0 aliphatic heterocycles. The highest BCUT2D eigenvalue weighted by atomic mass is 35.5. The quantitative estimate of drug-likeness (QED) is 0.703. The Kier molecular flexibility index (Phi) is 2.47. The lowest BCUT2D eigenvalue weighted by molar-refractivity contribution is -0.135. The van der Waals surface area contributed by atoms with Gasteiger partial charge < -0.3 is 10.5 Å². The van der Waals surface area contributed by atoms with Gasteiger partial charge in [-0.15, -0.1) is 12.4 Å². The van der Waals surface area contributed by atoms with Crippen molar-refractivity contribution in [1.29, 1.82) is 0 Å². The van der Waals surface area contributed by atoms with Crippen molar-refractivity contribution in [3.8, 4) is 0 Å². The van der Waals surface area contributed by atoms with Crippen molar-refractivity contribution in [3.05, 3.63) is 0 Å². The summed E-state index contributed by atoms with van der Waals surface area (Å²) in [6.45, 7) is 0.743. The van der Waals surface area contributed by atoms with Crippen molar-refractivity contribution in [1.82, 2.24) is 0 Å². The molecule has 0 saturated heterocycles. The molecular weight excluding hydrogens is 162 g/mol. The van der Waals surface area contributed by atoms with E-state index in [4.69, 9.17) is 10.5 Å². The lowest BCUT2D eigenvalue weighted by Crippen LogP contribution is -2.62.